The Labute approximate surface area is 151 Å². The van der Waals surface area contributed by atoms with E-state index in [-0.39, 0.29) is 17.4 Å². The zero-order chi connectivity index (χ0) is 18.6. The Morgan fingerprint density at radius 3 is 2.46 bits per heavy atom. The van der Waals surface area contributed by atoms with Crippen molar-refractivity contribution in [3.8, 4) is 11.3 Å². The van der Waals surface area contributed by atoms with Gasteiger partial charge in [-0.25, -0.2) is 4.79 Å². The van der Waals surface area contributed by atoms with Crippen LogP contribution in [0.1, 0.15) is 30.7 Å². The molecule has 3 aromatic rings. The molecule has 0 amide bonds. The van der Waals surface area contributed by atoms with E-state index >= 15 is 0 Å². The maximum absolute atomic E-state index is 13.1. The van der Waals surface area contributed by atoms with Crippen LogP contribution in [0, 0.1) is 6.92 Å². The van der Waals surface area contributed by atoms with E-state index < -0.39 is 0 Å². The lowest BCUT2D eigenvalue weighted by atomic mass is 10.1. The van der Waals surface area contributed by atoms with Crippen LogP contribution in [-0.4, -0.2) is 20.3 Å². The predicted octanol–water partition coefficient (Wildman–Crippen LogP) is 2.50. The standard InChI is InChI=1S/C20H23N3O3/c1-5-14-17-18-15(19(24)22(4)20(25)21(18)3)16(23(17)10-11-26-14)13-8-6-12(2)7-9-13/h6-9,14H,5,10-11H2,1-4H3. The van der Waals surface area contributed by atoms with E-state index in [1.807, 2.05) is 31.2 Å². The Kier molecular flexibility index (Phi) is 3.88. The van der Waals surface area contributed by atoms with Crippen molar-refractivity contribution in [2.75, 3.05) is 6.61 Å². The van der Waals surface area contributed by atoms with E-state index in [1.165, 1.54) is 17.2 Å². The minimum Gasteiger partial charge on any atom is -0.370 e. The molecular weight excluding hydrogens is 330 g/mol. The molecule has 0 N–H and O–H groups in total. The number of hydrogen-bond donors (Lipinski definition) is 0. The first kappa shape index (κ1) is 16.8. The normalized spacial score (nSPS) is 16.8. The molecule has 4 rings (SSSR count). The van der Waals surface area contributed by atoms with Crippen LogP contribution in [0.25, 0.3) is 22.2 Å². The maximum Gasteiger partial charge on any atom is 0.331 e. The molecular formula is C20H23N3O3. The van der Waals surface area contributed by atoms with E-state index in [0.717, 1.165) is 23.4 Å². The van der Waals surface area contributed by atoms with Crippen molar-refractivity contribution < 1.29 is 4.74 Å². The second-order valence-electron chi connectivity index (χ2n) is 6.95. The lowest BCUT2D eigenvalue weighted by Crippen LogP contribution is -2.37. The molecule has 2 aromatic heterocycles. The van der Waals surface area contributed by atoms with E-state index in [1.54, 1.807) is 11.6 Å². The highest BCUT2D eigenvalue weighted by Crippen LogP contribution is 2.38. The fourth-order valence-electron chi connectivity index (χ4n) is 3.99. The number of aryl methyl sites for hydroxylation is 2. The largest absolute Gasteiger partial charge is 0.370 e. The van der Waals surface area contributed by atoms with Gasteiger partial charge in [-0.05, 0) is 18.9 Å². The highest BCUT2D eigenvalue weighted by Gasteiger charge is 2.31. The lowest BCUT2D eigenvalue weighted by Gasteiger charge is -2.26. The van der Waals surface area contributed by atoms with Gasteiger partial charge in [-0.3, -0.25) is 13.9 Å². The Balaban J connectivity index is 2.23. The van der Waals surface area contributed by atoms with Crippen molar-refractivity contribution in [1.82, 2.24) is 13.7 Å². The van der Waals surface area contributed by atoms with Gasteiger partial charge in [-0.1, -0.05) is 36.8 Å². The molecule has 0 saturated heterocycles. The van der Waals surface area contributed by atoms with E-state index in [9.17, 15) is 9.59 Å². The minimum atomic E-state index is -0.313. The summed E-state index contributed by atoms with van der Waals surface area (Å²) >= 11 is 0. The van der Waals surface area contributed by atoms with Gasteiger partial charge in [0.15, 0.2) is 0 Å². The number of hydrogen-bond acceptors (Lipinski definition) is 3. The molecule has 0 radical (unpaired) electrons. The van der Waals surface area contributed by atoms with Crippen molar-refractivity contribution in [1.29, 1.82) is 0 Å². The van der Waals surface area contributed by atoms with Crippen LogP contribution in [0.15, 0.2) is 33.9 Å². The zero-order valence-corrected chi connectivity index (χ0v) is 15.6. The van der Waals surface area contributed by atoms with Crippen molar-refractivity contribution in [2.24, 2.45) is 14.1 Å². The second-order valence-corrected chi connectivity index (χ2v) is 6.95. The van der Waals surface area contributed by atoms with Gasteiger partial charge >= 0.3 is 5.69 Å². The Morgan fingerprint density at radius 2 is 1.81 bits per heavy atom. The molecule has 0 spiro atoms. The van der Waals surface area contributed by atoms with Crippen LogP contribution in [0.3, 0.4) is 0 Å². The topological polar surface area (TPSA) is 58.2 Å². The monoisotopic (exact) mass is 353 g/mol. The highest BCUT2D eigenvalue weighted by molar-refractivity contribution is 5.96. The van der Waals surface area contributed by atoms with Gasteiger partial charge in [0, 0.05) is 20.6 Å². The summed E-state index contributed by atoms with van der Waals surface area (Å²) in [7, 11) is 3.26. The van der Waals surface area contributed by atoms with Crippen LogP contribution >= 0.6 is 0 Å². The molecule has 0 fully saturated rings. The predicted molar refractivity (Wildman–Crippen MR) is 102 cm³/mol. The Bertz CT molecular complexity index is 1120. The van der Waals surface area contributed by atoms with Crippen LogP contribution in [0.4, 0.5) is 0 Å². The van der Waals surface area contributed by atoms with Crippen molar-refractivity contribution in [3.05, 3.63) is 56.4 Å². The molecule has 6 nitrogen and oxygen atoms in total. The summed E-state index contributed by atoms with van der Waals surface area (Å²) in [4.78, 5) is 25.6. The third-order valence-electron chi connectivity index (χ3n) is 5.34. The van der Waals surface area contributed by atoms with Gasteiger partial charge < -0.3 is 9.30 Å². The molecule has 26 heavy (non-hydrogen) atoms. The van der Waals surface area contributed by atoms with Crippen molar-refractivity contribution >= 4 is 10.9 Å². The van der Waals surface area contributed by atoms with Gasteiger partial charge in [0.1, 0.15) is 0 Å². The Hall–Kier alpha value is -2.60. The highest BCUT2D eigenvalue weighted by atomic mass is 16.5. The van der Waals surface area contributed by atoms with Crippen molar-refractivity contribution in [3.63, 3.8) is 0 Å². The molecule has 1 aliphatic heterocycles. The molecule has 0 saturated carbocycles. The number of aromatic nitrogens is 3. The van der Waals surface area contributed by atoms with Crippen LogP contribution in [0.5, 0.6) is 0 Å². The average molecular weight is 353 g/mol. The third-order valence-corrected chi connectivity index (χ3v) is 5.34. The summed E-state index contributed by atoms with van der Waals surface area (Å²) in [5.41, 5.74) is 4.09. The maximum atomic E-state index is 13.1. The lowest BCUT2D eigenvalue weighted by molar-refractivity contribution is 0.0197. The fourth-order valence-corrected chi connectivity index (χ4v) is 3.99. The molecule has 1 aromatic carbocycles. The smallest absolute Gasteiger partial charge is 0.331 e. The van der Waals surface area contributed by atoms with E-state index in [4.69, 9.17) is 4.74 Å². The number of fused-ring (bicyclic) bond motifs is 3. The number of benzene rings is 1. The van der Waals surface area contributed by atoms with Gasteiger partial charge in [-0.15, -0.1) is 0 Å². The first-order valence-corrected chi connectivity index (χ1v) is 8.96. The van der Waals surface area contributed by atoms with Gasteiger partial charge in [0.05, 0.1) is 35.0 Å². The van der Waals surface area contributed by atoms with Crippen LogP contribution in [0.2, 0.25) is 0 Å². The van der Waals surface area contributed by atoms with Crippen molar-refractivity contribution in [2.45, 2.75) is 32.9 Å². The second kappa shape index (κ2) is 5.99. The molecule has 0 aliphatic carbocycles. The van der Waals surface area contributed by atoms with Crippen LogP contribution < -0.4 is 11.2 Å². The first-order valence-electron chi connectivity index (χ1n) is 8.96. The Morgan fingerprint density at radius 1 is 1.12 bits per heavy atom. The molecule has 1 atom stereocenters. The first-order chi connectivity index (χ1) is 12.5. The average Bonchev–Trinajstić information content (AvgIpc) is 3.00. The minimum absolute atomic E-state index is 0.122. The van der Waals surface area contributed by atoms with E-state index in [2.05, 4.69) is 11.5 Å². The van der Waals surface area contributed by atoms with Gasteiger partial charge in [0.25, 0.3) is 5.56 Å². The summed E-state index contributed by atoms with van der Waals surface area (Å²) in [5, 5.41) is 0.595. The number of rotatable bonds is 2. The summed E-state index contributed by atoms with van der Waals surface area (Å²) in [6, 6.07) is 8.17. The molecule has 1 unspecified atom stereocenters. The van der Waals surface area contributed by atoms with Gasteiger partial charge in [-0.2, -0.15) is 0 Å². The molecule has 6 heteroatoms. The van der Waals surface area contributed by atoms with Crippen LogP contribution in [-0.2, 0) is 25.4 Å². The quantitative estimate of drug-likeness (QED) is 0.711. The summed E-state index contributed by atoms with van der Waals surface area (Å²) in [6.07, 6.45) is 0.665. The van der Waals surface area contributed by atoms with Gasteiger partial charge in [0.2, 0.25) is 0 Å². The third kappa shape index (κ3) is 2.22. The fraction of sp³-hybridized carbons (Fsp3) is 0.400. The summed E-state index contributed by atoms with van der Waals surface area (Å²) in [5.74, 6) is 0. The van der Waals surface area contributed by atoms with E-state index in [0.29, 0.717) is 24.1 Å². The number of ether oxygens (including phenoxy) is 1. The molecule has 136 valence electrons. The summed E-state index contributed by atoms with van der Waals surface area (Å²) < 4.78 is 10.9. The SMILES string of the molecule is CCC1OCCn2c(-c3ccc(C)cc3)c3c(=O)n(C)c(=O)n(C)c3c21. The number of nitrogens with zero attached hydrogens (tertiary/aromatic N) is 3. The molecule has 3 heterocycles. The molecule has 0 bridgehead atoms. The molecule has 1 aliphatic rings. The summed E-state index contributed by atoms with van der Waals surface area (Å²) in [6.45, 7) is 5.36. The zero-order valence-electron chi connectivity index (χ0n) is 15.6.